The van der Waals surface area contributed by atoms with E-state index in [0.29, 0.717) is 35.9 Å². The third kappa shape index (κ3) is 8.30. The van der Waals surface area contributed by atoms with Gasteiger partial charge in [0.25, 0.3) is 5.91 Å². The first-order valence-electron chi connectivity index (χ1n) is 13.0. The number of benzene rings is 2. The van der Waals surface area contributed by atoms with Gasteiger partial charge in [0.05, 0.1) is 44.4 Å². The van der Waals surface area contributed by atoms with Crippen LogP contribution in [0, 0.1) is 0 Å². The quantitative estimate of drug-likeness (QED) is 0.337. The fourth-order valence-electron chi connectivity index (χ4n) is 4.32. The highest BCUT2D eigenvalue weighted by atomic mass is 19.4. The third-order valence-electron chi connectivity index (χ3n) is 6.66. The molecular formula is C28H32F3N7O4. The van der Waals surface area contributed by atoms with Crippen molar-refractivity contribution >= 4 is 29.2 Å². The van der Waals surface area contributed by atoms with Gasteiger partial charge in [-0.05, 0) is 30.8 Å². The van der Waals surface area contributed by atoms with E-state index in [1.54, 1.807) is 18.2 Å². The lowest BCUT2D eigenvalue weighted by molar-refractivity contribution is -0.138. The number of aromatic nitrogens is 2. The molecule has 3 aromatic rings. The molecule has 1 aromatic heterocycles. The minimum Gasteiger partial charge on any atom is -0.497 e. The molecule has 1 aliphatic heterocycles. The topological polar surface area (TPSA) is 121 Å². The van der Waals surface area contributed by atoms with E-state index in [4.69, 9.17) is 4.74 Å². The molecule has 0 spiro atoms. The van der Waals surface area contributed by atoms with Crippen LogP contribution in [0.5, 0.6) is 5.75 Å². The first kappa shape index (κ1) is 30.5. The summed E-state index contributed by atoms with van der Waals surface area (Å²) >= 11 is 0. The number of nitrogens with zero attached hydrogens (tertiary/aromatic N) is 4. The summed E-state index contributed by atoms with van der Waals surface area (Å²) in [6, 6.07) is 8.55. The zero-order valence-corrected chi connectivity index (χ0v) is 23.4. The third-order valence-corrected chi connectivity index (χ3v) is 6.66. The molecule has 11 nitrogen and oxygen atoms in total. The Morgan fingerprint density at radius 1 is 0.952 bits per heavy atom. The number of hydrogen-bond acceptors (Lipinski definition) is 9. The number of amides is 2. The Morgan fingerprint density at radius 3 is 2.33 bits per heavy atom. The van der Waals surface area contributed by atoms with Crippen molar-refractivity contribution in [3.05, 3.63) is 71.2 Å². The number of ether oxygens (including phenoxy) is 2. The van der Waals surface area contributed by atoms with Crippen molar-refractivity contribution in [2.24, 2.45) is 0 Å². The van der Waals surface area contributed by atoms with Crippen molar-refractivity contribution in [3.63, 3.8) is 0 Å². The summed E-state index contributed by atoms with van der Waals surface area (Å²) in [4.78, 5) is 36.7. The number of halogens is 3. The van der Waals surface area contributed by atoms with Gasteiger partial charge in [-0.2, -0.15) is 13.2 Å². The minimum atomic E-state index is -4.61. The van der Waals surface area contributed by atoms with Crippen molar-refractivity contribution in [2.75, 3.05) is 63.4 Å². The highest BCUT2D eigenvalue weighted by Crippen LogP contribution is 2.34. The number of carbonyl (C=O) groups is 2. The first-order valence-corrected chi connectivity index (χ1v) is 13.0. The molecule has 1 aliphatic rings. The monoisotopic (exact) mass is 587 g/mol. The lowest BCUT2D eigenvalue weighted by atomic mass is 10.0. The van der Waals surface area contributed by atoms with E-state index in [1.807, 2.05) is 11.9 Å². The van der Waals surface area contributed by atoms with E-state index < -0.39 is 23.7 Å². The normalized spacial score (nSPS) is 14.2. The van der Waals surface area contributed by atoms with E-state index in [1.165, 1.54) is 38.7 Å². The number of alkyl halides is 3. The molecule has 3 N–H and O–H groups in total. The highest BCUT2D eigenvalue weighted by Gasteiger charge is 2.34. The standard InChI is InChI=1S/C28H32F3N7O4/c1-37-6-8-38(9-7-37)17-19-5-4-18(10-24(19)28(29,30)31)26(39)35-21-11-20(12-23(13-21)41-2)32-14-22-15-34-25(16-33-22)36-27(40)42-3/h4-5,10-13,15-16,32H,6-9,14,17H2,1-3H3,(H,35,39)(H,34,36,40). The maximum absolute atomic E-state index is 14.0. The largest absolute Gasteiger partial charge is 0.497 e. The molecule has 0 bridgehead atoms. The lowest BCUT2D eigenvalue weighted by Crippen LogP contribution is -2.44. The smallest absolute Gasteiger partial charge is 0.416 e. The number of piperazine rings is 1. The van der Waals surface area contributed by atoms with Gasteiger partial charge in [-0.25, -0.2) is 9.78 Å². The lowest BCUT2D eigenvalue weighted by Gasteiger charge is -2.33. The summed E-state index contributed by atoms with van der Waals surface area (Å²) in [7, 11) is 4.67. The van der Waals surface area contributed by atoms with Gasteiger partial charge in [0.15, 0.2) is 5.82 Å². The molecule has 224 valence electrons. The predicted octanol–water partition coefficient (Wildman–Crippen LogP) is 4.29. The summed E-state index contributed by atoms with van der Waals surface area (Å²) in [5.41, 5.74) is 0.625. The van der Waals surface area contributed by atoms with Crippen LogP contribution in [0.15, 0.2) is 48.8 Å². The van der Waals surface area contributed by atoms with Gasteiger partial charge >= 0.3 is 12.3 Å². The number of carbonyl (C=O) groups excluding carboxylic acids is 2. The van der Waals surface area contributed by atoms with Crippen LogP contribution < -0.4 is 20.7 Å². The zero-order chi connectivity index (χ0) is 30.3. The summed E-state index contributed by atoms with van der Waals surface area (Å²) < 4.78 is 51.8. The number of rotatable bonds is 9. The van der Waals surface area contributed by atoms with E-state index in [0.717, 1.165) is 19.2 Å². The minimum absolute atomic E-state index is 0.113. The molecule has 2 amide bonds. The van der Waals surface area contributed by atoms with Crippen LogP contribution in [-0.4, -0.2) is 79.2 Å². The van der Waals surface area contributed by atoms with Gasteiger partial charge in [0.2, 0.25) is 0 Å². The molecule has 4 rings (SSSR count). The van der Waals surface area contributed by atoms with Crippen LogP contribution in [0.3, 0.4) is 0 Å². The fourth-order valence-corrected chi connectivity index (χ4v) is 4.32. The second-order valence-electron chi connectivity index (χ2n) is 9.72. The Kier molecular flexibility index (Phi) is 9.80. The van der Waals surface area contributed by atoms with Crippen LogP contribution in [-0.2, 0) is 24.0 Å². The Morgan fingerprint density at radius 2 is 1.69 bits per heavy atom. The first-order chi connectivity index (χ1) is 20.0. The van der Waals surface area contributed by atoms with Gasteiger partial charge in [0, 0.05) is 61.8 Å². The summed E-state index contributed by atoms with van der Waals surface area (Å²) in [5.74, 6) is -0.0547. The number of nitrogens with one attached hydrogen (secondary N) is 3. The number of hydrogen-bond donors (Lipinski definition) is 3. The maximum Gasteiger partial charge on any atom is 0.416 e. The van der Waals surface area contributed by atoms with Crippen molar-refractivity contribution in [1.82, 2.24) is 19.8 Å². The molecule has 0 unspecified atom stereocenters. The van der Waals surface area contributed by atoms with Crippen molar-refractivity contribution < 1.29 is 32.2 Å². The van der Waals surface area contributed by atoms with Crippen molar-refractivity contribution in [2.45, 2.75) is 19.3 Å². The van der Waals surface area contributed by atoms with Gasteiger partial charge in [0.1, 0.15) is 5.75 Å². The van der Waals surface area contributed by atoms with Crippen LogP contribution >= 0.6 is 0 Å². The molecule has 0 atom stereocenters. The van der Waals surface area contributed by atoms with Crippen LogP contribution in [0.2, 0.25) is 0 Å². The fraction of sp³-hybridized carbons (Fsp3) is 0.357. The molecule has 0 aliphatic carbocycles. The summed E-state index contributed by atoms with van der Waals surface area (Å²) in [6.07, 6.45) is -2.44. The molecule has 0 radical (unpaired) electrons. The number of methoxy groups -OCH3 is 2. The SMILES string of the molecule is COC(=O)Nc1cnc(CNc2cc(NC(=O)c3ccc(CN4CCN(C)CC4)c(C(F)(F)F)c3)cc(OC)c2)cn1. The van der Waals surface area contributed by atoms with Crippen molar-refractivity contribution in [3.8, 4) is 5.75 Å². The Hall–Kier alpha value is -4.43. The zero-order valence-electron chi connectivity index (χ0n) is 23.4. The second-order valence-corrected chi connectivity index (χ2v) is 9.72. The van der Waals surface area contributed by atoms with E-state index in [2.05, 4.69) is 35.6 Å². The molecule has 2 aromatic carbocycles. The molecule has 1 saturated heterocycles. The van der Waals surface area contributed by atoms with E-state index in [9.17, 15) is 22.8 Å². The predicted molar refractivity (Wildman–Crippen MR) is 151 cm³/mol. The highest BCUT2D eigenvalue weighted by molar-refractivity contribution is 6.04. The van der Waals surface area contributed by atoms with E-state index in [-0.39, 0.29) is 30.0 Å². The second kappa shape index (κ2) is 13.5. The van der Waals surface area contributed by atoms with Crippen LogP contribution in [0.25, 0.3) is 0 Å². The molecule has 42 heavy (non-hydrogen) atoms. The number of anilines is 3. The van der Waals surface area contributed by atoms with Crippen molar-refractivity contribution in [1.29, 1.82) is 0 Å². The van der Waals surface area contributed by atoms with Gasteiger partial charge in [-0.3, -0.25) is 20.0 Å². The molecule has 2 heterocycles. The molecule has 1 fully saturated rings. The van der Waals surface area contributed by atoms with Crippen LogP contribution in [0.1, 0.15) is 27.2 Å². The summed E-state index contributed by atoms with van der Waals surface area (Å²) in [6.45, 7) is 3.32. The molecule has 0 saturated carbocycles. The van der Waals surface area contributed by atoms with E-state index >= 15 is 0 Å². The summed E-state index contributed by atoms with van der Waals surface area (Å²) in [5, 5.41) is 8.20. The Bertz CT molecular complexity index is 1400. The Labute approximate surface area is 241 Å². The maximum atomic E-state index is 14.0. The Balaban J connectivity index is 1.45. The molecular weight excluding hydrogens is 555 g/mol. The van der Waals surface area contributed by atoms with Gasteiger partial charge in [-0.15, -0.1) is 0 Å². The number of likely N-dealkylation sites (N-methyl/N-ethyl adjacent to an activating group) is 1. The average molecular weight is 588 g/mol. The average Bonchev–Trinajstić information content (AvgIpc) is 2.97. The van der Waals surface area contributed by atoms with Crippen LogP contribution in [0.4, 0.5) is 35.2 Å². The van der Waals surface area contributed by atoms with Gasteiger partial charge in [-0.1, -0.05) is 6.07 Å². The van der Waals surface area contributed by atoms with Gasteiger partial charge < -0.3 is 25.0 Å². The molecule has 14 heteroatoms.